The topological polar surface area (TPSA) is 114 Å². The molecule has 2 aromatic carbocycles. The van der Waals surface area contributed by atoms with E-state index in [0.29, 0.717) is 48.7 Å². The number of rotatable bonds is 8. The van der Waals surface area contributed by atoms with Crippen molar-refractivity contribution in [2.75, 3.05) is 23.7 Å². The summed E-state index contributed by atoms with van der Waals surface area (Å²) in [5.74, 6) is -0.112. The molecule has 4 N–H and O–H groups in total. The van der Waals surface area contributed by atoms with Crippen molar-refractivity contribution in [3.63, 3.8) is 0 Å². The molecule has 9 nitrogen and oxygen atoms in total. The standard InChI is InChI=1S/C30H33Cl2FN8O/c31-20-13-23(32)26(24(33)14-20)38-30-37-25-15-35-29(39-28(25)41(30)22-10-8-19(9-11-22)27(34)42)36-21-7-4-12-40(17-21)16-18-5-2-1-3-6-18/h1-3,5-6,13-15,19,21-22H,4,7-12,16-17H2,(H2,34,42)(H,37,38)(H,35,36,39). The molecule has 220 valence electrons. The van der Waals surface area contributed by atoms with Crippen molar-refractivity contribution in [2.24, 2.45) is 11.7 Å². The van der Waals surface area contributed by atoms with E-state index < -0.39 is 5.82 Å². The summed E-state index contributed by atoms with van der Waals surface area (Å²) in [7, 11) is 0. The normalized spacial score (nSPS) is 21.4. The van der Waals surface area contributed by atoms with Crippen LogP contribution >= 0.6 is 23.2 Å². The fourth-order valence-electron chi connectivity index (χ4n) is 6.13. The third-order valence-corrected chi connectivity index (χ3v) is 8.74. The molecule has 3 heterocycles. The lowest BCUT2D eigenvalue weighted by atomic mass is 9.85. The number of carbonyl (C=O) groups excluding carboxylic acids is 1. The van der Waals surface area contributed by atoms with Crippen molar-refractivity contribution in [3.05, 3.63) is 70.1 Å². The van der Waals surface area contributed by atoms with Crippen LogP contribution in [0.25, 0.3) is 11.2 Å². The Morgan fingerprint density at radius 2 is 1.86 bits per heavy atom. The molecular weight excluding hydrogens is 578 g/mol. The molecule has 4 aromatic rings. The number of likely N-dealkylation sites (tertiary alicyclic amines) is 1. The number of piperidine rings is 1. The highest BCUT2D eigenvalue weighted by Gasteiger charge is 2.30. The molecule has 1 saturated carbocycles. The third-order valence-electron chi connectivity index (χ3n) is 8.23. The van der Waals surface area contributed by atoms with Crippen LogP contribution < -0.4 is 16.4 Å². The monoisotopic (exact) mass is 610 g/mol. The van der Waals surface area contributed by atoms with Crippen molar-refractivity contribution < 1.29 is 9.18 Å². The Labute approximate surface area is 253 Å². The Bertz CT molecular complexity index is 1550. The molecule has 1 amide bonds. The second kappa shape index (κ2) is 12.4. The number of nitrogens with two attached hydrogens (primary N) is 1. The molecule has 2 aromatic heterocycles. The van der Waals surface area contributed by atoms with Crippen molar-refractivity contribution in [1.29, 1.82) is 0 Å². The molecule has 2 fully saturated rings. The summed E-state index contributed by atoms with van der Waals surface area (Å²) in [6, 6.07) is 13.3. The number of nitrogens with one attached hydrogen (secondary N) is 2. The predicted octanol–water partition coefficient (Wildman–Crippen LogP) is 6.31. The quantitative estimate of drug-likeness (QED) is 0.214. The average molecular weight is 612 g/mol. The van der Waals surface area contributed by atoms with Gasteiger partial charge < -0.3 is 16.4 Å². The molecular formula is C30H33Cl2FN8O. The fourth-order valence-corrected chi connectivity index (χ4v) is 6.64. The first-order valence-corrected chi connectivity index (χ1v) is 15.1. The largest absolute Gasteiger partial charge is 0.369 e. The van der Waals surface area contributed by atoms with E-state index in [4.69, 9.17) is 38.9 Å². The number of carbonyl (C=O) groups is 1. The summed E-state index contributed by atoms with van der Waals surface area (Å²) in [5, 5.41) is 6.97. The number of hydrogen-bond acceptors (Lipinski definition) is 7. The molecule has 1 aliphatic carbocycles. The number of primary amides is 1. The van der Waals surface area contributed by atoms with Gasteiger partial charge in [0.1, 0.15) is 11.3 Å². The second-order valence-electron chi connectivity index (χ2n) is 11.2. The third kappa shape index (κ3) is 6.30. The predicted molar refractivity (Wildman–Crippen MR) is 164 cm³/mol. The van der Waals surface area contributed by atoms with Crippen LogP contribution in [0.4, 0.5) is 22.0 Å². The van der Waals surface area contributed by atoms with E-state index >= 15 is 0 Å². The maximum Gasteiger partial charge on any atom is 0.225 e. The minimum Gasteiger partial charge on any atom is -0.369 e. The molecule has 12 heteroatoms. The minimum atomic E-state index is -0.589. The van der Waals surface area contributed by atoms with E-state index in [0.717, 1.165) is 32.5 Å². The molecule has 42 heavy (non-hydrogen) atoms. The van der Waals surface area contributed by atoms with Crippen molar-refractivity contribution >= 4 is 57.9 Å². The molecule has 0 radical (unpaired) electrons. The van der Waals surface area contributed by atoms with E-state index in [2.05, 4.69) is 44.8 Å². The lowest BCUT2D eigenvalue weighted by Crippen LogP contribution is -2.41. The van der Waals surface area contributed by atoms with Gasteiger partial charge >= 0.3 is 0 Å². The van der Waals surface area contributed by atoms with Gasteiger partial charge in [0, 0.05) is 36.1 Å². The summed E-state index contributed by atoms with van der Waals surface area (Å²) >= 11 is 12.3. The summed E-state index contributed by atoms with van der Waals surface area (Å²) in [6.07, 6.45) is 6.50. The highest BCUT2D eigenvalue weighted by molar-refractivity contribution is 6.36. The van der Waals surface area contributed by atoms with Crippen molar-refractivity contribution in [3.8, 4) is 0 Å². The van der Waals surface area contributed by atoms with E-state index in [9.17, 15) is 9.18 Å². The first-order valence-electron chi connectivity index (χ1n) is 14.3. The Kier molecular flexibility index (Phi) is 8.46. The van der Waals surface area contributed by atoms with Gasteiger partial charge in [-0.25, -0.2) is 14.4 Å². The van der Waals surface area contributed by atoms with Gasteiger partial charge in [0.2, 0.25) is 17.8 Å². The van der Waals surface area contributed by atoms with Crippen LogP contribution in [0, 0.1) is 11.7 Å². The van der Waals surface area contributed by atoms with Crippen LogP contribution in [0.2, 0.25) is 10.0 Å². The first-order chi connectivity index (χ1) is 20.3. The number of fused-ring (bicyclic) bond motifs is 1. The Hall–Kier alpha value is -3.47. The maximum atomic E-state index is 14.9. The van der Waals surface area contributed by atoms with E-state index in [1.807, 2.05) is 10.6 Å². The second-order valence-corrected chi connectivity index (χ2v) is 12.0. The molecule has 0 spiro atoms. The zero-order chi connectivity index (χ0) is 29.2. The van der Waals surface area contributed by atoms with Crippen molar-refractivity contribution in [2.45, 2.75) is 57.2 Å². The molecule has 2 aliphatic rings. The SMILES string of the molecule is NC(=O)C1CCC(n2c(Nc3c(F)cc(Cl)cc3Cl)nc3cnc(NC4CCCN(Cc5ccccc5)C4)nc32)CC1. The highest BCUT2D eigenvalue weighted by Crippen LogP contribution is 2.38. The number of anilines is 3. The summed E-state index contributed by atoms with van der Waals surface area (Å²) < 4.78 is 16.9. The smallest absolute Gasteiger partial charge is 0.225 e. The Morgan fingerprint density at radius 3 is 2.60 bits per heavy atom. The molecule has 1 atom stereocenters. The molecule has 1 unspecified atom stereocenters. The zero-order valence-corrected chi connectivity index (χ0v) is 24.6. The lowest BCUT2D eigenvalue weighted by Gasteiger charge is -2.33. The maximum absolute atomic E-state index is 14.9. The van der Waals surface area contributed by atoms with Gasteiger partial charge in [0.15, 0.2) is 5.65 Å². The van der Waals surface area contributed by atoms with Crippen molar-refractivity contribution in [1.82, 2.24) is 24.4 Å². The van der Waals surface area contributed by atoms with Gasteiger partial charge in [-0.1, -0.05) is 53.5 Å². The number of aromatic nitrogens is 4. The fraction of sp³-hybridized carbons (Fsp3) is 0.400. The zero-order valence-electron chi connectivity index (χ0n) is 23.1. The number of amides is 1. The van der Waals surface area contributed by atoms with Gasteiger partial charge in [0.05, 0.1) is 16.9 Å². The number of imidazole rings is 1. The molecule has 1 saturated heterocycles. The highest BCUT2D eigenvalue weighted by atomic mass is 35.5. The molecule has 1 aliphatic heterocycles. The van der Waals surface area contributed by atoms with Gasteiger partial charge in [0.25, 0.3) is 0 Å². The van der Waals surface area contributed by atoms with Crippen LogP contribution in [-0.2, 0) is 11.3 Å². The minimum absolute atomic E-state index is 0.0268. The average Bonchev–Trinajstić information content (AvgIpc) is 3.33. The van der Waals surface area contributed by atoms with Crippen LogP contribution in [0.15, 0.2) is 48.7 Å². The van der Waals surface area contributed by atoms with E-state index in [1.54, 1.807) is 6.20 Å². The number of benzene rings is 2. The van der Waals surface area contributed by atoms with E-state index in [-0.39, 0.29) is 39.6 Å². The summed E-state index contributed by atoms with van der Waals surface area (Å²) in [4.78, 5) is 28.5. The molecule has 6 rings (SSSR count). The van der Waals surface area contributed by atoms with Gasteiger partial charge in [-0.3, -0.25) is 14.3 Å². The number of hydrogen-bond donors (Lipinski definition) is 3. The Morgan fingerprint density at radius 1 is 1.07 bits per heavy atom. The lowest BCUT2D eigenvalue weighted by molar-refractivity contribution is -0.122. The van der Waals surface area contributed by atoms with Crippen LogP contribution in [0.1, 0.15) is 50.1 Å². The van der Waals surface area contributed by atoms with Gasteiger partial charge in [-0.15, -0.1) is 0 Å². The Balaban J connectivity index is 1.28. The number of halogens is 3. The number of nitrogens with zero attached hydrogens (tertiary/aromatic N) is 5. The van der Waals surface area contributed by atoms with Crippen LogP contribution in [-0.4, -0.2) is 49.5 Å². The van der Waals surface area contributed by atoms with Gasteiger partial charge in [-0.2, -0.15) is 4.98 Å². The van der Waals surface area contributed by atoms with Gasteiger partial charge in [-0.05, 0) is 62.8 Å². The van der Waals surface area contributed by atoms with Crippen LogP contribution in [0.5, 0.6) is 0 Å². The van der Waals surface area contributed by atoms with E-state index in [1.165, 1.54) is 17.7 Å². The van der Waals surface area contributed by atoms with Crippen LogP contribution in [0.3, 0.4) is 0 Å². The molecule has 0 bridgehead atoms. The summed E-state index contributed by atoms with van der Waals surface area (Å²) in [6.45, 7) is 2.83. The summed E-state index contributed by atoms with van der Waals surface area (Å²) in [5.41, 5.74) is 8.16. The first kappa shape index (κ1) is 28.6.